The predicted octanol–water partition coefficient (Wildman–Crippen LogP) is 2.79. The van der Waals surface area contributed by atoms with E-state index in [1.807, 2.05) is 0 Å². The molecular weight excluding hydrogens is 281 g/mol. The number of hydrogen-bond acceptors (Lipinski definition) is 3. The van der Waals surface area contributed by atoms with Gasteiger partial charge >= 0.3 is 6.18 Å². The van der Waals surface area contributed by atoms with Crippen LogP contribution in [0.25, 0.3) is 0 Å². The normalized spacial score (nSPS) is 39.4. The Hall–Kier alpha value is -0.330. The zero-order valence-corrected chi connectivity index (χ0v) is 13.0. The van der Waals surface area contributed by atoms with Crippen LogP contribution in [0.15, 0.2) is 0 Å². The summed E-state index contributed by atoms with van der Waals surface area (Å²) in [5.74, 6) is -0.766. The van der Waals surface area contributed by atoms with Gasteiger partial charge in [0, 0.05) is 25.7 Å². The van der Waals surface area contributed by atoms with Crippen molar-refractivity contribution in [3.8, 4) is 0 Å². The first-order valence-electron chi connectivity index (χ1n) is 7.87. The Morgan fingerprint density at radius 1 is 1.33 bits per heavy atom. The van der Waals surface area contributed by atoms with Gasteiger partial charge in [-0.25, -0.2) is 0 Å². The fourth-order valence-electron chi connectivity index (χ4n) is 3.99. The van der Waals surface area contributed by atoms with Gasteiger partial charge in [-0.1, -0.05) is 13.3 Å². The van der Waals surface area contributed by atoms with Crippen LogP contribution in [0, 0.1) is 11.8 Å². The minimum atomic E-state index is -4.11. The monoisotopic (exact) mass is 308 g/mol. The highest BCUT2D eigenvalue weighted by molar-refractivity contribution is 5.00. The molecule has 2 fully saturated rings. The van der Waals surface area contributed by atoms with Gasteiger partial charge in [-0.15, -0.1) is 0 Å². The number of halogens is 3. The molecule has 124 valence electrons. The molecule has 2 N–H and O–H groups in total. The molecule has 2 rings (SSSR count). The van der Waals surface area contributed by atoms with E-state index in [0.717, 1.165) is 19.4 Å². The van der Waals surface area contributed by atoms with Crippen LogP contribution >= 0.6 is 0 Å². The van der Waals surface area contributed by atoms with Crippen LogP contribution in [-0.2, 0) is 4.74 Å². The van der Waals surface area contributed by atoms with Gasteiger partial charge in [0.2, 0.25) is 0 Å². The molecule has 1 aliphatic heterocycles. The third-order valence-electron chi connectivity index (χ3n) is 5.53. The summed E-state index contributed by atoms with van der Waals surface area (Å²) in [6, 6.07) is 0. The lowest BCUT2D eigenvalue weighted by atomic mass is 9.73. The standard InChI is InChI=1S/C15H27F3N2O/c1-11-5-7-20(9-13(11)21-2)14(10-19)6-3-4-12(8-14)15(16,17)18/h11-13H,3-10,19H2,1-2H3. The van der Waals surface area contributed by atoms with Gasteiger partial charge in [0.15, 0.2) is 0 Å². The van der Waals surface area contributed by atoms with Gasteiger partial charge in [-0.2, -0.15) is 13.2 Å². The maximum absolute atomic E-state index is 13.1. The van der Waals surface area contributed by atoms with Crippen molar-refractivity contribution in [2.45, 2.75) is 56.8 Å². The van der Waals surface area contributed by atoms with Crippen LogP contribution in [0.3, 0.4) is 0 Å². The largest absolute Gasteiger partial charge is 0.391 e. The van der Waals surface area contributed by atoms with Gasteiger partial charge in [0.05, 0.1) is 12.0 Å². The van der Waals surface area contributed by atoms with Crippen molar-refractivity contribution in [2.24, 2.45) is 17.6 Å². The molecule has 0 aromatic heterocycles. The van der Waals surface area contributed by atoms with Gasteiger partial charge in [-0.3, -0.25) is 4.90 Å². The van der Waals surface area contributed by atoms with E-state index in [1.165, 1.54) is 0 Å². The van der Waals surface area contributed by atoms with E-state index in [2.05, 4.69) is 11.8 Å². The number of nitrogens with two attached hydrogens (primary N) is 1. The van der Waals surface area contributed by atoms with Gasteiger partial charge in [0.25, 0.3) is 0 Å². The summed E-state index contributed by atoms with van der Waals surface area (Å²) in [7, 11) is 1.68. The molecule has 0 spiro atoms. The minimum absolute atomic E-state index is 0.0911. The second-order valence-corrected chi connectivity index (χ2v) is 6.75. The zero-order chi connectivity index (χ0) is 15.7. The van der Waals surface area contributed by atoms with Crippen LogP contribution in [0.1, 0.15) is 39.0 Å². The summed E-state index contributed by atoms with van der Waals surface area (Å²) < 4.78 is 44.8. The van der Waals surface area contributed by atoms with Crippen LogP contribution in [0.5, 0.6) is 0 Å². The SMILES string of the molecule is COC1CN(C2(CN)CCCC(C(F)(F)F)C2)CCC1C. The molecule has 6 heteroatoms. The number of ether oxygens (including phenoxy) is 1. The van der Waals surface area contributed by atoms with Gasteiger partial charge in [-0.05, 0) is 38.1 Å². The Balaban J connectivity index is 2.13. The Morgan fingerprint density at radius 2 is 2.05 bits per heavy atom. The van der Waals surface area contributed by atoms with Crippen molar-refractivity contribution in [3.63, 3.8) is 0 Å². The lowest BCUT2D eigenvalue weighted by molar-refractivity contribution is -0.196. The van der Waals surface area contributed by atoms with E-state index >= 15 is 0 Å². The lowest BCUT2D eigenvalue weighted by Crippen LogP contribution is -2.61. The number of piperidine rings is 1. The van der Waals surface area contributed by atoms with Crippen molar-refractivity contribution < 1.29 is 17.9 Å². The molecule has 1 aliphatic carbocycles. The molecule has 1 saturated carbocycles. The molecule has 1 heterocycles. The van der Waals surface area contributed by atoms with Crippen LogP contribution < -0.4 is 5.73 Å². The Labute approximate surface area is 125 Å². The van der Waals surface area contributed by atoms with E-state index in [4.69, 9.17) is 10.5 Å². The topological polar surface area (TPSA) is 38.5 Å². The summed E-state index contributed by atoms with van der Waals surface area (Å²) in [6.45, 7) is 3.95. The molecular formula is C15H27F3N2O. The van der Waals surface area contributed by atoms with E-state index in [0.29, 0.717) is 25.4 Å². The van der Waals surface area contributed by atoms with Crippen LogP contribution in [-0.4, -0.2) is 49.5 Å². The molecule has 0 aromatic carbocycles. The Bertz CT molecular complexity index is 350. The lowest BCUT2D eigenvalue weighted by Gasteiger charge is -2.52. The number of nitrogens with zero attached hydrogens (tertiary/aromatic N) is 1. The predicted molar refractivity (Wildman–Crippen MR) is 75.9 cm³/mol. The number of methoxy groups -OCH3 is 1. The second-order valence-electron chi connectivity index (χ2n) is 6.75. The Morgan fingerprint density at radius 3 is 2.62 bits per heavy atom. The molecule has 21 heavy (non-hydrogen) atoms. The Kier molecular flexibility index (Phi) is 5.21. The van der Waals surface area contributed by atoms with Crippen LogP contribution in [0.4, 0.5) is 13.2 Å². The van der Waals surface area contributed by atoms with Crippen molar-refractivity contribution in [2.75, 3.05) is 26.7 Å². The summed E-state index contributed by atoms with van der Waals surface area (Å²) >= 11 is 0. The highest BCUT2D eigenvalue weighted by atomic mass is 19.4. The fourth-order valence-corrected chi connectivity index (χ4v) is 3.99. The number of rotatable bonds is 3. The summed E-state index contributed by atoms with van der Waals surface area (Å²) in [6.07, 6.45) is -1.32. The third-order valence-corrected chi connectivity index (χ3v) is 5.53. The van der Waals surface area contributed by atoms with E-state index < -0.39 is 17.6 Å². The van der Waals surface area contributed by atoms with E-state index in [1.54, 1.807) is 7.11 Å². The molecule has 0 radical (unpaired) electrons. The molecule has 0 amide bonds. The molecule has 1 saturated heterocycles. The molecule has 3 nitrogen and oxygen atoms in total. The molecule has 2 aliphatic rings. The summed E-state index contributed by atoms with van der Waals surface area (Å²) in [5.41, 5.74) is 5.44. The third kappa shape index (κ3) is 3.54. The van der Waals surface area contributed by atoms with Crippen LogP contribution in [0.2, 0.25) is 0 Å². The number of likely N-dealkylation sites (tertiary alicyclic amines) is 1. The maximum Gasteiger partial charge on any atom is 0.391 e. The smallest absolute Gasteiger partial charge is 0.380 e. The van der Waals surface area contributed by atoms with E-state index in [9.17, 15) is 13.2 Å². The first kappa shape index (κ1) is 17.0. The molecule has 4 unspecified atom stereocenters. The average Bonchev–Trinajstić information content (AvgIpc) is 2.46. The highest BCUT2D eigenvalue weighted by Crippen LogP contribution is 2.44. The molecule has 0 bridgehead atoms. The molecule has 0 aromatic rings. The van der Waals surface area contributed by atoms with Crippen molar-refractivity contribution >= 4 is 0 Å². The summed E-state index contributed by atoms with van der Waals surface area (Å²) in [5, 5.41) is 0. The van der Waals surface area contributed by atoms with Crippen molar-refractivity contribution in [3.05, 3.63) is 0 Å². The molecule has 4 atom stereocenters. The first-order valence-corrected chi connectivity index (χ1v) is 7.87. The first-order chi connectivity index (χ1) is 9.82. The van der Waals surface area contributed by atoms with Gasteiger partial charge < -0.3 is 10.5 Å². The fraction of sp³-hybridized carbons (Fsp3) is 1.00. The maximum atomic E-state index is 13.1. The highest BCUT2D eigenvalue weighted by Gasteiger charge is 2.50. The number of alkyl halides is 3. The van der Waals surface area contributed by atoms with E-state index in [-0.39, 0.29) is 18.9 Å². The quantitative estimate of drug-likeness (QED) is 0.871. The van der Waals surface area contributed by atoms with Gasteiger partial charge in [0.1, 0.15) is 0 Å². The zero-order valence-electron chi connectivity index (χ0n) is 13.0. The minimum Gasteiger partial charge on any atom is -0.380 e. The second kappa shape index (κ2) is 6.42. The average molecular weight is 308 g/mol. The number of hydrogen-bond donors (Lipinski definition) is 1. The van der Waals surface area contributed by atoms with Crippen molar-refractivity contribution in [1.82, 2.24) is 4.90 Å². The summed E-state index contributed by atoms with van der Waals surface area (Å²) in [4.78, 5) is 2.18. The van der Waals surface area contributed by atoms with Crippen molar-refractivity contribution in [1.29, 1.82) is 0 Å².